The van der Waals surface area contributed by atoms with E-state index in [1.807, 2.05) is 12.1 Å². The number of likely N-dealkylation sites (N-methyl/N-ethyl adjacent to an activating group) is 1. The van der Waals surface area contributed by atoms with Gasteiger partial charge in [0.25, 0.3) is 0 Å². The molecule has 0 bridgehead atoms. The molecule has 0 aliphatic rings. The largest absolute Gasteiger partial charge is 0.426 e. The molecule has 1 N–H and O–H groups in total. The number of H-pyrrole nitrogens is 1. The first-order valence-electron chi connectivity index (χ1n) is 16.1. The molecule has 8 heteroatoms. The summed E-state index contributed by atoms with van der Waals surface area (Å²) >= 11 is 0. The maximum absolute atomic E-state index is 12.8. The van der Waals surface area contributed by atoms with E-state index in [1.165, 1.54) is 50.5 Å². The van der Waals surface area contributed by atoms with Crippen LogP contribution in [0.1, 0.15) is 103 Å². The minimum atomic E-state index is -0.167. The van der Waals surface area contributed by atoms with E-state index in [2.05, 4.69) is 98.6 Å². The van der Waals surface area contributed by atoms with Crippen molar-refractivity contribution in [3.8, 4) is 5.75 Å². The minimum absolute atomic E-state index is 0.0799. The summed E-state index contributed by atoms with van der Waals surface area (Å²) in [5, 5.41) is 0.782. The maximum atomic E-state index is 12.8. The number of hydrogen-bond acceptors (Lipinski definition) is 3. The molecule has 0 aliphatic heterocycles. The van der Waals surface area contributed by atoms with Gasteiger partial charge in [0.1, 0.15) is 37.1 Å². The highest BCUT2D eigenvalue weighted by atomic mass is 16.5. The number of nitrogens with zero attached hydrogens (tertiary/aromatic N) is 1. The Morgan fingerprint density at radius 1 is 0.875 bits per heavy atom. The molecule has 0 aliphatic carbocycles. The highest BCUT2D eigenvalue weighted by molar-refractivity contribution is 6.54. The van der Waals surface area contributed by atoms with Crippen LogP contribution < -0.4 is 4.74 Å². The maximum Gasteiger partial charge on any atom is 0.311 e. The smallest absolute Gasteiger partial charge is 0.311 e. The SMILES string of the molecule is BC(B)(c1c[nH]c2cccc(OC(=O)CCCCCCC/C=C\C/C=C\CCCCC)c12)C(B)(B)N(CC)CC. The second-order valence-corrected chi connectivity index (χ2v) is 12.2. The molecule has 216 valence electrons. The number of unbranched alkanes of at least 4 members (excludes halogenated alkanes) is 8. The quantitative estimate of drug-likeness (QED) is 0.0878. The van der Waals surface area contributed by atoms with Gasteiger partial charge in [-0.1, -0.05) is 88.5 Å². The summed E-state index contributed by atoms with van der Waals surface area (Å²) in [7, 11) is 9.24. The number of carbonyl (C=O) groups excluding carboxylic acids is 1. The Morgan fingerprint density at radius 3 is 2.15 bits per heavy atom. The van der Waals surface area contributed by atoms with Gasteiger partial charge in [0.05, 0.1) is 0 Å². The fraction of sp³-hybridized carbons (Fsp3) is 0.594. The summed E-state index contributed by atoms with van der Waals surface area (Å²) in [4.78, 5) is 18.8. The van der Waals surface area contributed by atoms with Crippen molar-refractivity contribution in [3.63, 3.8) is 0 Å². The number of fused-ring (bicyclic) bond motifs is 1. The number of aromatic nitrogens is 1. The normalized spacial score (nSPS) is 12.8. The van der Waals surface area contributed by atoms with Crippen LogP contribution in [0.25, 0.3) is 10.9 Å². The van der Waals surface area contributed by atoms with Crippen LogP contribution in [0.3, 0.4) is 0 Å². The van der Waals surface area contributed by atoms with Gasteiger partial charge in [-0.25, -0.2) is 0 Å². The minimum Gasteiger partial charge on any atom is -0.426 e. The Morgan fingerprint density at radius 2 is 1.50 bits per heavy atom. The van der Waals surface area contributed by atoms with E-state index in [4.69, 9.17) is 4.74 Å². The standard InChI is InChI=1S/C32H54B4N2O2/c1-4-7-8-9-10-11-12-13-14-15-16-17-18-19-20-24-29(39)40-28-23-21-22-27-30(28)26(25-37-27)31(33,34)32(35,36)38(5-2)6-3/h10-11,13-14,21-23,25,37H,4-9,12,15-20,24,33-36H2,1-3H3/b11-10-,14-13-. The summed E-state index contributed by atoms with van der Waals surface area (Å²) in [6, 6.07) is 5.97. The molecule has 0 atom stereocenters. The number of esters is 1. The molecular formula is C32H54B4N2O2. The van der Waals surface area contributed by atoms with Gasteiger partial charge < -0.3 is 14.6 Å². The summed E-state index contributed by atoms with van der Waals surface area (Å²) < 4.78 is 5.98. The monoisotopic (exact) mass is 542 g/mol. The summed E-state index contributed by atoms with van der Waals surface area (Å²) in [5.41, 5.74) is 2.21. The summed E-state index contributed by atoms with van der Waals surface area (Å²) in [5.74, 6) is 0.538. The third-order valence-electron chi connectivity index (χ3n) is 8.98. The predicted octanol–water partition coefficient (Wildman–Crippen LogP) is 4.57. The third kappa shape index (κ3) is 9.79. The number of rotatable bonds is 20. The Labute approximate surface area is 248 Å². The number of ether oxygens (including phenoxy) is 1. The van der Waals surface area contributed by atoms with Gasteiger partial charge in [-0.3, -0.25) is 4.79 Å². The van der Waals surface area contributed by atoms with Crippen molar-refractivity contribution in [1.82, 2.24) is 9.88 Å². The van der Waals surface area contributed by atoms with Gasteiger partial charge in [-0.2, -0.15) is 0 Å². The second-order valence-electron chi connectivity index (χ2n) is 12.2. The van der Waals surface area contributed by atoms with Gasteiger partial charge in [-0.15, -0.1) is 0 Å². The highest BCUT2D eigenvalue weighted by Crippen LogP contribution is 2.39. The fourth-order valence-electron chi connectivity index (χ4n) is 5.72. The topological polar surface area (TPSA) is 45.3 Å². The summed E-state index contributed by atoms with van der Waals surface area (Å²) in [6.45, 7) is 8.67. The zero-order valence-electron chi connectivity index (χ0n) is 26.8. The van der Waals surface area contributed by atoms with Crippen molar-refractivity contribution in [2.45, 2.75) is 108 Å². The van der Waals surface area contributed by atoms with Crippen LogP contribution in [0.5, 0.6) is 5.75 Å². The first-order valence-corrected chi connectivity index (χ1v) is 16.1. The molecule has 0 amide bonds. The van der Waals surface area contributed by atoms with Crippen LogP contribution in [0.2, 0.25) is 0 Å². The van der Waals surface area contributed by atoms with Gasteiger partial charge in [0, 0.05) is 23.5 Å². The van der Waals surface area contributed by atoms with Crippen molar-refractivity contribution in [1.29, 1.82) is 0 Å². The lowest BCUT2D eigenvalue weighted by atomic mass is 9.31. The molecule has 40 heavy (non-hydrogen) atoms. The zero-order chi connectivity index (χ0) is 29.4. The molecule has 2 rings (SSSR count). The number of nitrogens with one attached hydrogen (secondary N) is 1. The first kappa shape index (κ1) is 34.1. The van der Waals surface area contributed by atoms with E-state index in [1.54, 1.807) is 0 Å². The van der Waals surface area contributed by atoms with Crippen LogP contribution >= 0.6 is 0 Å². The van der Waals surface area contributed by atoms with Crippen LogP contribution in [-0.4, -0.2) is 65.7 Å². The molecule has 4 nitrogen and oxygen atoms in total. The molecule has 0 saturated heterocycles. The molecule has 0 unspecified atom stereocenters. The number of benzene rings is 1. The molecule has 2 aromatic rings. The lowest BCUT2D eigenvalue weighted by Gasteiger charge is -2.50. The molecular weight excluding hydrogens is 488 g/mol. The average molecular weight is 542 g/mol. The van der Waals surface area contributed by atoms with Crippen molar-refractivity contribution in [2.24, 2.45) is 0 Å². The van der Waals surface area contributed by atoms with E-state index >= 15 is 0 Å². The summed E-state index contributed by atoms with van der Waals surface area (Å²) in [6.07, 6.45) is 24.7. The van der Waals surface area contributed by atoms with E-state index in [-0.39, 0.29) is 16.5 Å². The predicted molar refractivity (Wildman–Crippen MR) is 185 cm³/mol. The molecule has 1 heterocycles. The number of aromatic amines is 1. The third-order valence-corrected chi connectivity index (χ3v) is 8.98. The molecule has 0 saturated carbocycles. The van der Waals surface area contributed by atoms with Gasteiger partial charge >= 0.3 is 5.97 Å². The lowest BCUT2D eigenvalue weighted by Crippen LogP contribution is -2.64. The molecule has 1 aromatic carbocycles. The van der Waals surface area contributed by atoms with Crippen LogP contribution in [0.4, 0.5) is 0 Å². The van der Waals surface area contributed by atoms with Crippen LogP contribution in [-0.2, 0) is 10.0 Å². The molecule has 0 radical (unpaired) electrons. The Kier molecular flexibility index (Phi) is 15.1. The number of hydrogen-bond donors (Lipinski definition) is 1. The van der Waals surface area contributed by atoms with E-state index in [9.17, 15) is 4.79 Å². The fourth-order valence-corrected chi connectivity index (χ4v) is 5.72. The molecule has 1 aromatic heterocycles. The first-order chi connectivity index (χ1) is 19.2. The lowest BCUT2D eigenvalue weighted by molar-refractivity contribution is -0.134. The van der Waals surface area contributed by atoms with E-state index in [0.717, 1.165) is 49.7 Å². The zero-order valence-corrected chi connectivity index (χ0v) is 26.8. The van der Waals surface area contributed by atoms with Gasteiger partial charge in [0.15, 0.2) is 0 Å². The van der Waals surface area contributed by atoms with E-state index < -0.39 is 0 Å². The van der Waals surface area contributed by atoms with Crippen LogP contribution in [0, 0.1) is 0 Å². The average Bonchev–Trinajstić information content (AvgIpc) is 3.37. The van der Waals surface area contributed by atoms with E-state index in [0.29, 0.717) is 12.2 Å². The number of allylic oxidation sites excluding steroid dienone is 4. The van der Waals surface area contributed by atoms with Crippen molar-refractivity contribution in [3.05, 3.63) is 54.3 Å². The highest BCUT2D eigenvalue weighted by Gasteiger charge is 2.42. The van der Waals surface area contributed by atoms with Crippen molar-refractivity contribution >= 4 is 48.3 Å². The number of carbonyl (C=O) groups is 1. The molecule has 0 fully saturated rings. The Bertz CT molecular complexity index is 1070. The molecule has 0 spiro atoms. The van der Waals surface area contributed by atoms with Crippen molar-refractivity contribution in [2.75, 3.05) is 13.1 Å². The Hall–Kier alpha value is -2.07. The van der Waals surface area contributed by atoms with Gasteiger partial charge in [-0.05, 0) is 74.6 Å². The Balaban J connectivity index is 1.81. The van der Waals surface area contributed by atoms with Crippen molar-refractivity contribution < 1.29 is 9.53 Å². The second kappa shape index (κ2) is 17.7. The van der Waals surface area contributed by atoms with Gasteiger partial charge in [0.2, 0.25) is 0 Å². The van der Waals surface area contributed by atoms with Crippen LogP contribution in [0.15, 0.2) is 48.7 Å².